The van der Waals surface area contributed by atoms with Crippen LogP contribution in [0, 0.1) is 0 Å². The maximum Gasteiger partial charge on any atom is 0.339 e. The summed E-state index contributed by atoms with van der Waals surface area (Å²) in [7, 11) is 0. The van der Waals surface area contributed by atoms with E-state index in [0.717, 1.165) is 12.1 Å². The van der Waals surface area contributed by atoms with E-state index in [0.29, 0.717) is 5.56 Å². The van der Waals surface area contributed by atoms with Crippen LogP contribution < -0.4 is 0 Å². The van der Waals surface area contributed by atoms with E-state index >= 15 is 0 Å². The second-order valence-electron chi connectivity index (χ2n) is 4.11. The predicted molar refractivity (Wildman–Crippen MR) is 58.3 cm³/mol. The van der Waals surface area contributed by atoms with Gasteiger partial charge in [0.05, 0.1) is 11.9 Å². The average molecular weight is 210 g/mol. The van der Waals surface area contributed by atoms with Crippen molar-refractivity contribution in [2.24, 2.45) is 0 Å². The van der Waals surface area contributed by atoms with Crippen molar-refractivity contribution in [2.45, 2.75) is 46.1 Å². The Morgan fingerprint density at radius 1 is 1.53 bits per heavy atom. The van der Waals surface area contributed by atoms with Gasteiger partial charge in [-0.1, -0.05) is 20.8 Å². The van der Waals surface area contributed by atoms with Gasteiger partial charge in [0.15, 0.2) is 0 Å². The van der Waals surface area contributed by atoms with Gasteiger partial charge in [-0.15, -0.1) is 0 Å². The van der Waals surface area contributed by atoms with Crippen LogP contribution in [0.5, 0.6) is 0 Å². The highest BCUT2D eigenvalue weighted by atomic mass is 16.4. The maximum atomic E-state index is 11.0. The van der Waals surface area contributed by atoms with Crippen molar-refractivity contribution in [3.8, 4) is 0 Å². The fraction of sp³-hybridized carbons (Fsp3) is 0.636. The third-order valence-electron chi connectivity index (χ3n) is 2.62. The summed E-state index contributed by atoms with van der Waals surface area (Å²) < 4.78 is 1.83. The zero-order chi connectivity index (χ0) is 11.6. The standard InChI is InChI=1S/C11H18N2O2/c1-5-8(4)13-10(7(2)3)9(6-12-13)11(14)15/h6-8H,5H2,1-4H3,(H,14,15). The highest BCUT2D eigenvalue weighted by molar-refractivity contribution is 5.88. The molecule has 0 fully saturated rings. The first kappa shape index (κ1) is 11.8. The quantitative estimate of drug-likeness (QED) is 0.831. The monoisotopic (exact) mass is 210 g/mol. The molecular formula is C11H18N2O2. The van der Waals surface area contributed by atoms with E-state index in [9.17, 15) is 4.79 Å². The number of hydrogen-bond acceptors (Lipinski definition) is 2. The molecule has 4 nitrogen and oxygen atoms in total. The fourth-order valence-electron chi connectivity index (χ4n) is 1.64. The Morgan fingerprint density at radius 3 is 2.53 bits per heavy atom. The molecule has 4 heteroatoms. The van der Waals surface area contributed by atoms with Gasteiger partial charge in [0.1, 0.15) is 5.56 Å². The minimum absolute atomic E-state index is 0.174. The van der Waals surface area contributed by atoms with E-state index in [1.165, 1.54) is 6.20 Å². The molecule has 0 aliphatic heterocycles. The molecule has 1 N–H and O–H groups in total. The van der Waals surface area contributed by atoms with Crippen LogP contribution in [0.4, 0.5) is 0 Å². The minimum atomic E-state index is -0.895. The predicted octanol–water partition coefficient (Wildman–Crippen LogP) is 2.68. The van der Waals surface area contributed by atoms with E-state index < -0.39 is 5.97 Å². The topological polar surface area (TPSA) is 55.1 Å². The van der Waals surface area contributed by atoms with Gasteiger partial charge in [0, 0.05) is 6.04 Å². The molecule has 15 heavy (non-hydrogen) atoms. The summed E-state index contributed by atoms with van der Waals surface area (Å²) in [6.45, 7) is 8.09. The van der Waals surface area contributed by atoms with Crippen LogP contribution in [0.15, 0.2) is 6.20 Å². The van der Waals surface area contributed by atoms with Crippen molar-refractivity contribution in [2.75, 3.05) is 0 Å². The number of rotatable bonds is 4. The van der Waals surface area contributed by atoms with E-state index in [1.54, 1.807) is 0 Å². The van der Waals surface area contributed by atoms with Crippen LogP contribution in [0.3, 0.4) is 0 Å². The lowest BCUT2D eigenvalue weighted by Crippen LogP contribution is -2.13. The lowest BCUT2D eigenvalue weighted by atomic mass is 10.1. The molecule has 1 atom stereocenters. The van der Waals surface area contributed by atoms with Gasteiger partial charge < -0.3 is 5.11 Å². The molecule has 0 aliphatic rings. The highest BCUT2D eigenvalue weighted by Gasteiger charge is 2.21. The summed E-state index contributed by atoms with van der Waals surface area (Å²) in [5.41, 5.74) is 1.14. The summed E-state index contributed by atoms with van der Waals surface area (Å²) in [5, 5.41) is 13.2. The van der Waals surface area contributed by atoms with Crippen LogP contribution in [0.2, 0.25) is 0 Å². The van der Waals surface area contributed by atoms with Crippen molar-refractivity contribution in [3.63, 3.8) is 0 Å². The van der Waals surface area contributed by atoms with E-state index in [2.05, 4.69) is 12.0 Å². The van der Waals surface area contributed by atoms with Gasteiger partial charge in [-0.25, -0.2) is 4.79 Å². The van der Waals surface area contributed by atoms with Crippen LogP contribution in [-0.4, -0.2) is 20.9 Å². The Balaban J connectivity index is 3.24. The molecule has 84 valence electrons. The van der Waals surface area contributed by atoms with Gasteiger partial charge in [-0.05, 0) is 19.3 Å². The van der Waals surface area contributed by atoms with Gasteiger partial charge in [0.25, 0.3) is 0 Å². The number of nitrogens with zero attached hydrogens (tertiary/aromatic N) is 2. The Bertz CT molecular complexity index is 355. The molecule has 1 unspecified atom stereocenters. The molecule has 0 aromatic carbocycles. The summed E-state index contributed by atoms with van der Waals surface area (Å²) >= 11 is 0. The molecule has 0 bridgehead atoms. The first-order chi connectivity index (χ1) is 6.99. The zero-order valence-electron chi connectivity index (χ0n) is 9.69. The molecule has 0 aliphatic carbocycles. The average Bonchev–Trinajstić information content (AvgIpc) is 2.60. The first-order valence-electron chi connectivity index (χ1n) is 5.29. The van der Waals surface area contributed by atoms with Crippen LogP contribution in [0.25, 0.3) is 0 Å². The second-order valence-corrected chi connectivity index (χ2v) is 4.11. The van der Waals surface area contributed by atoms with Crippen molar-refractivity contribution in [3.05, 3.63) is 17.5 Å². The third-order valence-corrected chi connectivity index (χ3v) is 2.62. The van der Waals surface area contributed by atoms with E-state index in [4.69, 9.17) is 5.11 Å². The van der Waals surface area contributed by atoms with Crippen molar-refractivity contribution in [1.29, 1.82) is 0 Å². The molecule has 0 spiro atoms. The lowest BCUT2D eigenvalue weighted by Gasteiger charge is -2.16. The molecule has 1 aromatic heterocycles. The SMILES string of the molecule is CCC(C)n1ncc(C(=O)O)c1C(C)C. The van der Waals surface area contributed by atoms with Crippen LogP contribution in [0.1, 0.15) is 62.1 Å². The number of carboxylic acids is 1. The molecule has 0 saturated heterocycles. The Kier molecular flexibility index (Phi) is 3.50. The Morgan fingerprint density at radius 2 is 2.13 bits per heavy atom. The summed E-state index contributed by atoms with van der Waals surface area (Å²) in [4.78, 5) is 11.0. The summed E-state index contributed by atoms with van der Waals surface area (Å²) in [6, 6.07) is 0.246. The number of hydrogen-bond donors (Lipinski definition) is 1. The zero-order valence-corrected chi connectivity index (χ0v) is 9.69. The summed E-state index contributed by atoms with van der Waals surface area (Å²) in [6.07, 6.45) is 2.39. The molecular weight excluding hydrogens is 192 g/mol. The van der Waals surface area contributed by atoms with E-state index in [-0.39, 0.29) is 12.0 Å². The normalized spacial score (nSPS) is 13.1. The van der Waals surface area contributed by atoms with Gasteiger partial charge in [-0.3, -0.25) is 4.68 Å². The molecule has 1 rings (SSSR count). The summed E-state index contributed by atoms with van der Waals surface area (Å²) in [5.74, 6) is -0.721. The number of carbonyl (C=O) groups is 1. The lowest BCUT2D eigenvalue weighted by molar-refractivity contribution is 0.0695. The smallest absolute Gasteiger partial charge is 0.339 e. The molecule has 1 heterocycles. The second kappa shape index (κ2) is 4.47. The largest absolute Gasteiger partial charge is 0.478 e. The van der Waals surface area contributed by atoms with Crippen molar-refractivity contribution >= 4 is 5.97 Å². The number of aromatic nitrogens is 2. The first-order valence-corrected chi connectivity index (χ1v) is 5.29. The van der Waals surface area contributed by atoms with Gasteiger partial charge >= 0.3 is 5.97 Å². The van der Waals surface area contributed by atoms with Crippen molar-refractivity contribution in [1.82, 2.24) is 9.78 Å². The Labute approximate surface area is 89.9 Å². The van der Waals surface area contributed by atoms with Crippen LogP contribution >= 0.6 is 0 Å². The molecule has 0 amide bonds. The molecule has 0 saturated carbocycles. The van der Waals surface area contributed by atoms with Crippen molar-refractivity contribution < 1.29 is 9.90 Å². The number of carboxylic acid groups (broad SMARTS) is 1. The minimum Gasteiger partial charge on any atom is -0.478 e. The molecule has 0 radical (unpaired) electrons. The molecule has 1 aromatic rings. The number of aromatic carboxylic acids is 1. The van der Waals surface area contributed by atoms with Crippen LogP contribution in [-0.2, 0) is 0 Å². The fourth-order valence-corrected chi connectivity index (χ4v) is 1.64. The Hall–Kier alpha value is -1.32. The maximum absolute atomic E-state index is 11.0. The van der Waals surface area contributed by atoms with Gasteiger partial charge in [0.2, 0.25) is 0 Å². The third kappa shape index (κ3) is 2.19. The highest BCUT2D eigenvalue weighted by Crippen LogP contribution is 2.23. The van der Waals surface area contributed by atoms with Gasteiger partial charge in [-0.2, -0.15) is 5.10 Å². The van der Waals surface area contributed by atoms with E-state index in [1.807, 2.05) is 25.5 Å².